The standard InChI is InChI=1S/C27H30N2O/c30-27(28-25-18-10-11-19-25)26(24-16-8-3-9-17-24)29(20-22-12-4-1-5-13-22)21-23-14-6-2-7-15-23/h1-9,12-17,25-26H,10-11,18-21H2,(H,28,30)/t26-/m1/s1. The molecule has 3 aromatic rings. The Hall–Kier alpha value is -2.91. The highest BCUT2D eigenvalue weighted by atomic mass is 16.2. The molecule has 0 spiro atoms. The minimum atomic E-state index is -0.327. The lowest BCUT2D eigenvalue weighted by Crippen LogP contribution is -2.43. The molecule has 0 unspecified atom stereocenters. The van der Waals surface area contributed by atoms with Crippen LogP contribution in [0.15, 0.2) is 91.0 Å². The van der Waals surface area contributed by atoms with E-state index in [1.807, 2.05) is 30.3 Å². The number of nitrogens with one attached hydrogen (secondary N) is 1. The molecule has 0 radical (unpaired) electrons. The minimum absolute atomic E-state index is 0.111. The third-order valence-electron chi connectivity index (χ3n) is 5.89. The van der Waals surface area contributed by atoms with Gasteiger partial charge in [-0.1, -0.05) is 104 Å². The second kappa shape index (κ2) is 10.2. The zero-order chi connectivity index (χ0) is 20.6. The molecule has 3 aromatic carbocycles. The Morgan fingerprint density at radius 3 is 1.73 bits per heavy atom. The van der Waals surface area contributed by atoms with E-state index in [2.05, 4.69) is 70.9 Å². The van der Waals surface area contributed by atoms with Crippen molar-refractivity contribution in [1.29, 1.82) is 0 Å². The molecule has 0 saturated heterocycles. The van der Waals surface area contributed by atoms with E-state index < -0.39 is 0 Å². The molecule has 3 nitrogen and oxygen atoms in total. The summed E-state index contributed by atoms with van der Waals surface area (Å²) < 4.78 is 0. The maximum Gasteiger partial charge on any atom is 0.242 e. The number of hydrogen-bond acceptors (Lipinski definition) is 2. The van der Waals surface area contributed by atoms with Crippen LogP contribution in [0, 0.1) is 0 Å². The van der Waals surface area contributed by atoms with Gasteiger partial charge in [-0.05, 0) is 29.5 Å². The average molecular weight is 399 g/mol. The van der Waals surface area contributed by atoms with Crippen molar-refractivity contribution < 1.29 is 4.79 Å². The fourth-order valence-corrected chi connectivity index (χ4v) is 4.39. The van der Waals surface area contributed by atoms with Crippen LogP contribution in [0.3, 0.4) is 0 Å². The van der Waals surface area contributed by atoms with Crippen molar-refractivity contribution in [3.8, 4) is 0 Å². The summed E-state index contributed by atoms with van der Waals surface area (Å²) in [5.74, 6) is 0.111. The Morgan fingerprint density at radius 2 is 1.23 bits per heavy atom. The lowest BCUT2D eigenvalue weighted by atomic mass is 10.0. The highest BCUT2D eigenvalue weighted by Gasteiger charge is 2.30. The minimum Gasteiger partial charge on any atom is -0.352 e. The molecule has 154 valence electrons. The van der Waals surface area contributed by atoms with E-state index in [-0.39, 0.29) is 11.9 Å². The maximum atomic E-state index is 13.6. The molecule has 1 N–H and O–H groups in total. The second-order valence-corrected chi connectivity index (χ2v) is 8.18. The molecule has 1 fully saturated rings. The molecule has 1 amide bonds. The average Bonchev–Trinajstić information content (AvgIpc) is 3.29. The monoisotopic (exact) mass is 398 g/mol. The van der Waals surface area contributed by atoms with Crippen molar-refractivity contribution in [2.24, 2.45) is 0 Å². The molecule has 30 heavy (non-hydrogen) atoms. The lowest BCUT2D eigenvalue weighted by molar-refractivity contribution is -0.128. The van der Waals surface area contributed by atoms with Gasteiger partial charge in [0, 0.05) is 19.1 Å². The first-order valence-electron chi connectivity index (χ1n) is 11.0. The van der Waals surface area contributed by atoms with Gasteiger partial charge in [-0.3, -0.25) is 9.69 Å². The highest BCUT2D eigenvalue weighted by molar-refractivity contribution is 5.83. The van der Waals surface area contributed by atoms with Gasteiger partial charge in [0.1, 0.15) is 6.04 Å². The van der Waals surface area contributed by atoms with Crippen LogP contribution in [-0.4, -0.2) is 16.8 Å². The molecular weight excluding hydrogens is 368 g/mol. The summed E-state index contributed by atoms with van der Waals surface area (Å²) >= 11 is 0. The third-order valence-corrected chi connectivity index (χ3v) is 5.89. The van der Waals surface area contributed by atoms with Gasteiger partial charge in [0.15, 0.2) is 0 Å². The van der Waals surface area contributed by atoms with Crippen molar-refractivity contribution in [1.82, 2.24) is 10.2 Å². The van der Waals surface area contributed by atoms with E-state index in [4.69, 9.17) is 0 Å². The van der Waals surface area contributed by atoms with Crippen molar-refractivity contribution in [3.63, 3.8) is 0 Å². The summed E-state index contributed by atoms with van der Waals surface area (Å²) in [6.07, 6.45) is 4.59. The zero-order valence-corrected chi connectivity index (χ0v) is 17.4. The summed E-state index contributed by atoms with van der Waals surface area (Å²) in [4.78, 5) is 15.9. The van der Waals surface area contributed by atoms with Gasteiger partial charge in [0.2, 0.25) is 5.91 Å². The molecule has 1 saturated carbocycles. The van der Waals surface area contributed by atoms with E-state index in [9.17, 15) is 4.79 Å². The Balaban J connectivity index is 1.66. The van der Waals surface area contributed by atoms with Crippen LogP contribution in [-0.2, 0) is 17.9 Å². The second-order valence-electron chi connectivity index (χ2n) is 8.18. The Morgan fingerprint density at radius 1 is 0.767 bits per heavy atom. The first-order chi connectivity index (χ1) is 14.8. The molecule has 1 aliphatic carbocycles. The fraction of sp³-hybridized carbons (Fsp3) is 0.296. The third kappa shape index (κ3) is 5.37. The van der Waals surface area contributed by atoms with Crippen LogP contribution in [0.5, 0.6) is 0 Å². The molecule has 0 bridgehead atoms. The lowest BCUT2D eigenvalue weighted by Gasteiger charge is -2.32. The maximum absolute atomic E-state index is 13.6. The van der Waals surface area contributed by atoms with Gasteiger partial charge >= 0.3 is 0 Å². The van der Waals surface area contributed by atoms with Gasteiger partial charge in [-0.25, -0.2) is 0 Å². The summed E-state index contributed by atoms with van der Waals surface area (Å²) in [6, 6.07) is 31.0. The molecule has 0 aromatic heterocycles. The highest BCUT2D eigenvalue weighted by Crippen LogP contribution is 2.27. The Labute approximate surface area is 179 Å². The number of carbonyl (C=O) groups is 1. The number of carbonyl (C=O) groups excluding carboxylic acids is 1. The first-order valence-corrected chi connectivity index (χ1v) is 11.0. The van der Waals surface area contributed by atoms with Gasteiger partial charge < -0.3 is 5.32 Å². The Kier molecular flexibility index (Phi) is 6.94. The zero-order valence-electron chi connectivity index (χ0n) is 17.4. The smallest absolute Gasteiger partial charge is 0.242 e. The molecule has 0 heterocycles. The number of hydrogen-bond donors (Lipinski definition) is 1. The summed E-state index contributed by atoms with van der Waals surface area (Å²) in [5.41, 5.74) is 3.46. The number of nitrogens with zero attached hydrogens (tertiary/aromatic N) is 1. The van der Waals surface area contributed by atoms with E-state index >= 15 is 0 Å². The van der Waals surface area contributed by atoms with Crippen molar-refractivity contribution in [3.05, 3.63) is 108 Å². The SMILES string of the molecule is O=C(NC1CCCC1)[C@@H](c1ccccc1)N(Cc1ccccc1)Cc1ccccc1. The van der Waals surface area contributed by atoms with Gasteiger partial charge in [-0.15, -0.1) is 0 Å². The van der Waals surface area contributed by atoms with Crippen LogP contribution in [0.25, 0.3) is 0 Å². The molecule has 1 atom stereocenters. The van der Waals surface area contributed by atoms with E-state index in [1.54, 1.807) is 0 Å². The van der Waals surface area contributed by atoms with Crippen LogP contribution in [0.4, 0.5) is 0 Å². The molecule has 1 aliphatic rings. The van der Waals surface area contributed by atoms with Crippen molar-refractivity contribution in [2.75, 3.05) is 0 Å². The quantitative estimate of drug-likeness (QED) is 0.544. The summed E-state index contributed by atoms with van der Waals surface area (Å²) in [6.45, 7) is 1.43. The summed E-state index contributed by atoms with van der Waals surface area (Å²) in [5, 5.41) is 3.35. The van der Waals surface area contributed by atoms with E-state index in [1.165, 1.54) is 24.0 Å². The van der Waals surface area contributed by atoms with Crippen molar-refractivity contribution >= 4 is 5.91 Å². The summed E-state index contributed by atoms with van der Waals surface area (Å²) in [7, 11) is 0. The van der Waals surface area contributed by atoms with Crippen LogP contribution < -0.4 is 5.32 Å². The topological polar surface area (TPSA) is 32.3 Å². The predicted molar refractivity (Wildman–Crippen MR) is 122 cm³/mol. The number of rotatable bonds is 8. The molecule has 3 heteroatoms. The number of benzene rings is 3. The van der Waals surface area contributed by atoms with Crippen LogP contribution in [0.1, 0.15) is 48.4 Å². The normalized spacial score (nSPS) is 15.2. The van der Waals surface area contributed by atoms with E-state index in [0.29, 0.717) is 19.1 Å². The largest absolute Gasteiger partial charge is 0.352 e. The van der Waals surface area contributed by atoms with Crippen LogP contribution in [0.2, 0.25) is 0 Å². The van der Waals surface area contributed by atoms with Gasteiger partial charge in [0.25, 0.3) is 0 Å². The van der Waals surface area contributed by atoms with Crippen molar-refractivity contribution in [2.45, 2.75) is 50.9 Å². The molecule has 4 rings (SSSR count). The number of amides is 1. The predicted octanol–water partition coefficient (Wildman–Crippen LogP) is 5.49. The first kappa shape index (κ1) is 20.4. The molecular formula is C27H30N2O. The van der Waals surface area contributed by atoms with Crippen LogP contribution >= 0.6 is 0 Å². The van der Waals surface area contributed by atoms with Gasteiger partial charge in [0.05, 0.1) is 0 Å². The fourth-order valence-electron chi connectivity index (χ4n) is 4.39. The molecule has 0 aliphatic heterocycles. The Bertz CT molecular complexity index is 864. The van der Waals surface area contributed by atoms with E-state index in [0.717, 1.165) is 18.4 Å². The van der Waals surface area contributed by atoms with Gasteiger partial charge in [-0.2, -0.15) is 0 Å².